The average Bonchev–Trinajstić information content (AvgIpc) is 2.99. The van der Waals surface area contributed by atoms with E-state index in [0.29, 0.717) is 24.3 Å². The van der Waals surface area contributed by atoms with Crippen molar-refractivity contribution in [3.8, 4) is 0 Å². The molecule has 31 heavy (non-hydrogen) atoms. The minimum Gasteiger partial charge on any atom is -0.384 e. The summed E-state index contributed by atoms with van der Waals surface area (Å²) in [6.45, 7) is 3.99. The Labute approximate surface area is 180 Å². The van der Waals surface area contributed by atoms with E-state index in [1.807, 2.05) is 6.07 Å². The van der Waals surface area contributed by atoms with Gasteiger partial charge in [0.25, 0.3) is 11.8 Å². The van der Waals surface area contributed by atoms with Gasteiger partial charge in [-0.25, -0.2) is 0 Å². The Morgan fingerprint density at radius 2 is 1.87 bits per heavy atom. The van der Waals surface area contributed by atoms with Crippen molar-refractivity contribution in [1.29, 1.82) is 0 Å². The molecular formula is C22H28N4O5. The molecule has 3 N–H and O–H groups in total. The number of nitrogens with one attached hydrogen (secondary N) is 3. The summed E-state index contributed by atoms with van der Waals surface area (Å²) in [5.41, 5.74) is 1.59. The molecule has 3 heterocycles. The number of amides is 4. The maximum atomic E-state index is 12.9. The monoisotopic (exact) mass is 428 g/mol. The third-order valence-electron chi connectivity index (χ3n) is 6.45. The van der Waals surface area contributed by atoms with Crippen LogP contribution in [0.1, 0.15) is 52.0 Å². The fourth-order valence-electron chi connectivity index (χ4n) is 4.74. The number of piperidine rings is 2. The van der Waals surface area contributed by atoms with Crippen LogP contribution < -0.4 is 16.0 Å². The maximum Gasteiger partial charge on any atom is 0.262 e. The molecule has 4 rings (SSSR count). The molecule has 1 atom stereocenters. The number of benzene rings is 1. The van der Waals surface area contributed by atoms with Crippen LogP contribution in [0.25, 0.3) is 0 Å². The molecule has 2 saturated heterocycles. The van der Waals surface area contributed by atoms with Gasteiger partial charge in [0, 0.05) is 32.0 Å². The summed E-state index contributed by atoms with van der Waals surface area (Å²) in [6.07, 6.45) is 2.33. The highest BCUT2D eigenvalue weighted by molar-refractivity contribution is 6.23. The summed E-state index contributed by atoms with van der Waals surface area (Å²) in [4.78, 5) is 50.3. The standard InChI is InChI=1S/C22H28N4O5/c1-31-13-22(6-8-23-9-7-22)12-24-11-14-2-3-15-16(10-14)21(30)26(20(15)29)17-4-5-18(27)25-19(17)28/h2-3,10,17,23-24H,4-9,11-13H2,1H3,(H,25,27,28). The Morgan fingerprint density at radius 1 is 1.13 bits per heavy atom. The zero-order valence-corrected chi connectivity index (χ0v) is 17.7. The first kappa shape index (κ1) is 21.6. The van der Waals surface area contributed by atoms with E-state index in [0.717, 1.165) is 42.9 Å². The molecule has 0 aromatic heterocycles. The number of rotatable bonds is 7. The van der Waals surface area contributed by atoms with Gasteiger partial charge in [0.2, 0.25) is 11.8 Å². The lowest BCUT2D eigenvalue weighted by atomic mass is 9.79. The van der Waals surface area contributed by atoms with Crippen LogP contribution in [-0.2, 0) is 20.9 Å². The molecule has 166 valence electrons. The van der Waals surface area contributed by atoms with Crippen LogP contribution in [0.15, 0.2) is 18.2 Å². The molecule has 3 aliphatic rings. The number of methoxy groups -OCH3 is 1. The first-order chi connectivity index (χ1) is 14.9. The number of fused-ring (bicyclic) bond motifs is 1. The van der Waals surface area contributed by atoms with Crippen molar-refractivity contribution in [3.05, 3.63) is 34.9 Å². The van der Waals surface area contributed by atoms with Crippen molar-refractivity contribution in [2.24, 2.45) is 5.41 Å². The zero-order chi connectivity index (χ0) is 22.0. The summed E-state index contributed by atoms with van der Waals surface area (Å²) in [7, 11) is 1.72. The molecule has 2 fully saturated rings. The highest BCUT2D eigenvalue weighted by atomic mass is 16.5. The number of ether oxygens (including phenoxy) is 1. The number of hydrogen-bond donors (Lipinski definition) is 3. The highest BCUT2D eigenvalue weighted by Crippen LogP contribution is 2.30. The Bertz CT molecular complexity index is 904. The van der Waals surface area contributed by atoms with E-state index in [-0.39, 0.29) is 24.2 Å². The third kappa shape index (κ3) is 4.26. The van der Waals surface area contributed by atoms with E-state index in [2.05, 4.69) is 16.0 Å². The summed E-state index contributed by atoms with van der Waals surface area (Å²) >= 11 is 0. The van der Waals surface area contributed by atoms with Crippen molar-refractivity contribution < 1.29 is 23.9 Å². The van der Waals surface area contributed by atoms with Gasteiger partial charge in [0.05, 0.1) is 17.7 Å². The molecule has 1 unspecified atom stereocenters. The smallest absolute Gasteiger partial charge is 0.262 e. The van der Waals surface area contributed by atoms with Crippen LogP contribution in [0.5, 0.6) is 0 Å². The molecule has 0 saturated carbocycles. The van der Waals surface area contributed by atoms with E-state index in [1.165, 1.54) is 0 Å². The molecular weight excluding hydrogens is 400 g/mol. The van der Waals surface area contributed by atoms with Crippen molar-refractivity contribution in [2.75, 3.05) is 33.4 Å². The molecule has 1 aromatic rings. The maximum absolute atomic E-state index is 12.9. The lowest BCUT2D eigenvalue weighted by molar-refractivity contribution is -0.136. The predicted molar refractivity (Wildman–Crippen MR) is 111 cm³/mol. The number of nitrogens with zero attached hydrogens (tertiary/aromatic N) is 1. The molecule has 3 aliphatic heterocycles. The zero-order valence-electron chi connectivity index (χ0n) is 17.7. The van der Waals surface area contributed by atoms with Gasteiger partial charge in [-0.05, 0) is 50.0 Å². The van der Waals surface area contributed by atoms with Crippen molar-refractivity contribution in [1.82, 2.24) is 20.9 Å². The predicted octanol–water partition coefficient (Wildman–Crippen LogP) is 0.194. The number of carbonyl (C=O) groups excluding carboxylic acids is 4. The quantitative estimate of drug-likeness (QED) is 0.531. The topological polar surface area (TPSA) is 117 Å². The summed E-state index contributed by atoms with van der Waals surface area (Å²) in [6, 6.07) is 4.25. The van der Waals surface area contributed by atoms with Crippen molar-refractivity contribution in [2.45, 2.75) is 38.3 Å². The average molecular weight is 428 g/mol. The number of hydrogen-bond acceptors (Lipinski definition) is 7. The minimum absolute atomic E-state index is 0.0884. The van der Waals surface area contributed by atoms with E-state index in [4.69, 9.17) is 4.74 Å². The van der Waals surface area contributed by atoms with Crippen molar-refractivity contribution >= 4 is 23.6 Å². The van der Waals surface area contributed by atoms with Crippen LogP contribution in [0.3, 0.4) is 0 Å². The van der Waals surface area contributed by atoms with Gasteiger partial charge in [-0.3, -0.25) is 29.4 Å². The minimum atomic E-state index is -0.944. The van der Waals surface area contributed by atoms with Crippen LogP contribution in [0.4, 0.5) is 0 Å². The fraction of sp³-hybridized carbons (Fsp3) is 0.545. The molecule has 9 nitrogen and oxygen atoms in total. The van der Waals surface area contributed by atoms with E-state index < -0.39 is 23.8 Å². The molecule has 0 aliphatic carbocycles. The van der Waals surface area contributed by atoms with E-state index >= 15 is 0 Å². The number of imide groups is 2. The lowest BCUT2D eigenvalue weighted by Gasteiger charge is -2.37. The highest BCUT2D eigenvalue weighted by Gasteiger charge is 2.44. The molecule has 0 bridgehead atoms. The van der Waals surface area contributed by atoms with Crippen LogP contribution in [0.2, 0.25) is 0 Å². The fourth-order valence-corrected chi connectivity index (χ4v) is 4.74. The van der Waals surface area contributed by atoms with Gasteiger partial charge in [-0.1, -0.05) is 6.07 Å². The summed E-state index contributed by atoms with van der Waals surface area (Å²) in [5, 5.41) is 9.07. The van der Waals surface area contributed by atoms with Gasteiger partial charge < -0.3 is 15.4 Å². The van der Waals surface area contributed by atoms with Gasteiger partial charge in [-0.2, -0.15) is 0 Å². The van der Waals surface area contributed by atoms with Crippen molar-refractivity contribution in [3.63, 3.8) is 0 Å². The largest absolute Gasteiger partial charge is 0.384 e. The van der Waals surface area contributed by atoms with Gasteiger partial charge in [0.15, 0.2) is 0 Å². The molecule has 0 spiro atoms. The Kier molecular flexibility index (Phi) is 6.17. The van der Waals surface area contributed by atoms with Gasteiger partial charge >= 0.3 is 0 Å². The first-order valence-electron chi connectivity index (χ1n) is 10.7. The van der Waals surface area contributed by atoms with E-state index in [1.54, 1.807) is 19.2 Å². The van der Waals surface area contributed by atoms with Crippen LogP contribution in [0, 0.1) is 5.41 Å². The third-order valence-corrected chi connectivity index (χ3v) is 6.45. The van der Waals surface area contributed by atoms with Crippen LogP contribution in [-0.4, -0.2) is 67.9 Å². The Balaban J connectivity index is 1.43. The SMILES string of the molecule is COCC1(CNCc2ccc3c(c2)C(=O)N(C2CCC(=O)NC2=O)C3=O)CCNCC1. The Hall–Kier alpha value is -2.62. The lowest BCUT2D eigenvalue weighted by Crippen LogP contribution is -2.54. The normalized spacial score (nSPS) is 23.1. The first-order valence-corrected chi connectivity index (χ1v) is 10.7. The second-order valence-electron chi connectivity index (χ2n) is 8.61. The van der Waals surface area contributed by atoms with Crippen LogP contribution >= 0.6 is 0 Å². The molecule has 1 aromatic carbocycles. The molecule has 4 amide bonds. The van der Waals surface area contributed by atoms with Gasteiger partial charge in [-0.15, -0.1) is 0 Å². The summed E-state index contributed by atoms with van der Waals surface area (Å²) in [5.74, 6) is -1.95. The summed E-state index contributed by atoms with van der Waals surface area (Å²) < 4.78 is 5.45. The van der Waals surface area contributed by atoms with E-state index in [9.17, 15) is 19.2 Å². The second-order valence-corrected chi connectivity index (χ2v) is 8.61. The molecule has 0 radical (unpaired) electrons. The second kappa shape index (κ2) is 8.86. The Morgan fingerprint density at radius 3 is 2.58 bits per heavy atom. The van der Waals surface area contributed by atoms with Gasteiger partial charge in [0.1, 0.15) is 6.04 Å². The number of carbonyl (C=O) groups is 4. The molecule has 9 heteroatoms.